The summed E-state index contributed by atoms with van der Waals surface area (Å²) in [6, 6.07) is 4.88. The smallest absolute Gasteiger partial charge is 0.276 e. The van der Waals surface area contributed by atoms with Crippen LogP contribution in [0.4, 0.5) is 5.95 Å². The number of benzene rings is 1. The topological polar surface area (TPSA) is 117 Å². The molecule has 2 heterocycles. The second-order valence-corrected chi connectivity index (χ2v) is 6.47. The number of rotatable bonds is 7. The number of carbonyl (C=O) groups excluding carboxylic acids is 2. The van der Waals surface area contributed by atoms with Crippen LogP contribution in [0.25, 0.3) is 11.0 Å². The number of aryl methyl sites for hydroxylation is 2. The average Bonchev–Trinajstić information content (AvgIpc) is 3.25. The second-order valence-electron chi connectivity index (χ2n) is 6.47. The molecule has 0 aliphatic rings. The Hall–Kier alpha value is -3.62. The van der Waals surface area contributed by atoms with E-state index >= 15 is 0 Å². The highest BCUT2D eigenvalue weighted by Crippen LogP contribution is 2.31. The number of aromatic nitrogens is 4. The molecule has 0 saturated heterocycles. The van der Waals surface area contributed by atoms with Crippen molar-refractivity contribution >= 4 is 28.8 Å². The standard InChI is InChI=1S/C20H24N6O3/c1-5-7-8-25-17-14(10-13(18(21)27)11-16(17)29-4)22-20(25)23-19(28)15-9-12(3)24-26(15)6-2/h5,7,9-11H,6,8H2,1-4H3,(H2,21,27)(H,22,23,28)/b7-5+. The van der Waals surface area contributed by atoms with Crippen LogP contribution in [0, 0.1) is 6.92 Å². The zero-order valence-corrected chi connectivity index (χ0v) is 16.9. The number of fused-ring (bicyclic) bond motifs is 1. The van der Waals surface area contributed by atoms with Crippen molar-refractivity contribution in [1.82, 2.24) is 19.3 Å². The van der Waals surface area contributed by atoms with E-state index in [-0.39, 0.29) is 11.5 Å². The van der Waals surface area contributed by atoms with E-state index in [2.05, 4.69) is 15.4 Å². The Morgan fingerprint density at radius 2 is 2.07 bits per heavy atom. The van der Waals surface area contributed by atoms with E-state index in [0.717, 1.165) is 5.69 Å². The Labute approximate surface area is 168 Å². The molecule has 0 saturated carbocycles. The minimum Gasteiger partial charge on any atom is -0.494 e. The van der Waals surface area contributed by atoms with Gasteiger partial charge in [0.2, 0.25) is 11.9 Å². The lowest BCUT2D eigenvalue weighted by Gasteiger charge is -2.11. The molecular formula is C20H24N6O3. The molecule has 9 nitrogen and oxygen atoms in total. The lowest BCUT2D eigenvalue weighted by atomic mass is 10.1. The summed E-state index contributed by atoms with van der Waals surface area (Å²) in [5.41, 5.74) is 8.06. The molecule has 3 rings (SSSR count). The quantitative estimate of drug-likeness (QED) is 0.595. The summed E-state index contributed by atoms with van der Waals surface area (Å²) < 4.78 is 8.91. The zero-order valence-electron chi connectivity index (χ0n) is 16.9. The molecule has 9 heteroatoms. The summed E-state index contributed by atoms with van der Waals surface area (Å²) >= 11 is 0. The van der Waals surface area contributed by atoms with Gasteiger partial charge in [0.25, 0.3) is 5.91 Å². The molecule has 0 radical (unpaired) electrons. The number of hydrogen-bond acceptors (Lipinski definition) is 5. The number of methoxy groups -OCH3 is 1. The Balaban J connectivity index is 2.12. The van der Waals surface area contributed by atoms with Crippen molar-refractivity contribution in [2.75, 3.05) is 12.4 Å². The first-order valence-electron chi connectivity index (χ1n) is 9.24. The Morgan fingerprint density at radius 3 is 2.69 bits per heavy atom. The maximum absolute atomic E-state index is 12.9. The largest absolute Gasteiger partial charge is 0.494 e. The van der Waals surface area contributed by atoms with E-state index in [1.807, 2.05) is 37.5 Å². The van der Waals surface area contributed by atoms with E-state index in [4.69, 9.17) is 10.5 Å². The van der Waals surface area contributed by atoms with Crippen molar-refractivity contribution in [2.45, 2.75) is 33.9 Å². The van der Waals surface area contributed by atoms with Crippen LogP contribution in [0.3, 0.4) is 0 Å². The molecule has 0 aliphatic heterocycles. The molecule has 2 aromatic heterocycles. The molecule has 0 bridgehead atoms. The molecule has 0 unspecified atom stereocenters. The fourth-order valence-corrected chi connectivity index (χ4v) is 3.15. The van der Waals surface area contributed by atoms with Gasteiger partial charge >= 0.3 is 0 Å². The number of primary amides is 1. The SMILES string of the molecule is C/C=C/Cn1c(NC(=O)c2cc(C)nn2CC)nc2cc(C(N)=O)cc(OC)c21. The summed E-state index contributed by atoms with van der Waals surface area (Å²) in [5, 5.41) is 7.17. The minimum atomic E-state index is -0.582. The Morgan fingerprint density at radius 1 is 1.31 bits per heavy atom. The van der Waals surface area contributed by atoms with E-state index < -0.39 is 5.91 Å². The summed E-state index contributed by atoms with van der Waals surface area (Å²) in [7, 11) is 1.51. The van der Waals surface area contributed by atoms with Crippen LogP contribution in [0.5, 0.6) is 5.75 Å². The van der Waals surface area contributed by atoms with Gasteiger partial charge < -0.3 is 15.0 Å². The van der Waals surface area contributed by atoms with E-state index in [1.165, 1.54) is 7.11 Å². The number of carbonyl (C=O) groups is 2. The maximum Gasteiger partial charge on any atom is 0.276 e. The second kappa shape index (κ2) is 8.17. The number of hydrogen-bond donors (Lipinski definition) is 2. The fraction of sp³-hybridized carbons (Fsp3) is 0.300. The molecule has 3 aromatic rings. The Bertz CT molecular complexity index is 1110. The third kappa shape index (κ3) is 3.84. The number of nitrogens with zero attached hydrogens (tertiary/aromatic N) is 4. The van der Waals surface area contributed by atoms with Gasteiger partial charge in [-0.3, -0.25) is 19.6 Å². The van der Waals surface area contributed by atoms with Crippen molar-refractivity contribution in [2.24, 2.45) is 5.73 Å². The monoisotopic (exact) mass is 396 g/mol. The third-order valence-electron chi connectivity index (χ3n) is 4.49. The fourth-order valence-electron chi connectivity index (χ4n) is 3.15. The van der Waals surface area contributed by atoms with Crippen LogP contribution in [-0.2, 0) is 13.1 Å². The normalized spacial score (nSPS) is 11.3. The van der Waals surface area contributed by atoms with Gasteiger partial charge in [-0.1, -0.05) is 12.2 Å². The van der Waals surface area contributed by atoms with Crippen LogP contribution in [0.1, 0.15) is 40.4 Å². The van der Waals surface area contributed by atoms with Gasteiger partial charge in [0.15, 0.2) is 0 Å². The van der Waals surface area contributed by atoms with Crippen molar-refractivity contribution in [3.8, 4) is 5.75 Å². The van der Waals surface area contributed by atoms with Gasteiger partial charge in [-0.2, -0.15) is 5.10 Å². The molecule has 1 aromatic carbocycles. The van der Waals surface area contributed by atoms with Gasteiger partial charge in [0, 0.05) is 18.7 Å². The lowest BCUT2D eigenvalue weighted by molar-refractivity contribution is 0.0995. The van der Waals surface area contributed by atoms with Crippen LogP contribution in [0.15, 0.2) is 30.4 Å². The number of anilines is 1. The van der Waals surface area contributed by atoms with Crippen molar-refractivity contribution in [1.29, 1.82) is 0 Å². The third-order valence-corrected chi connectivity index (χ3v) is 4.49. The van der Waals surface area contributed by atoms with Gasteiger partial charge in [-0.05, 0) is 39.0 Å². The first-order valence-corrected chi connectivity index (χ1v) is 9.24. The highest BCUT2D eigenvalue weighted by molar-refractivity contribution is 6.04. The average molecular weight is 396 g/mol. The van der Waals surface area contributed by atoms with E-state index in [1.54, 1.807) is 22.9 Å². The van der Waals surface area contributed by atoms with E-state index in [9.17, 15) is 9.59 Å². The van der Waals surface area contributed by atoms with Crippen molar-refractivity contribution in [3.63, 3.8) is 0 Å². The molecule has 152 valence electrons. The molecule has 3 N–H and O–H groups in total. The number of ether oxygens (including phenoxy) is 1. The summed E-state index contributed by atoms with van der Waals surface area (Å²) in [6.07, 6.45) is 3.83. The van der Waals surface area contributed by atoms with Crippen LogP contribution >= 0.6 is 0 Å². The molecule has 0 fully saturated rings. The highest BCUT2D eigenvalue weighted by Gasteiger charge is 2.21. The van der Waals surface area contributed by atoms with Gasteiger partial charge in [0.05, 0.1) is 18.3 Å². The van der Waals surface area contributed by atoms with Gasteiger partial charge in [-0.15, -0.1) is 0 Å². The number of nitrogens with one attached hydrogen (secondary N) is 1. The van der Waals surface area contributed by atoms with Crippen molar-refractivity contribution < 1.29 is 14.3 Å². The predicted molar refractivity (Wildman–Crippen MR) is 110 cm³/mol. The summed E-state index contributed by atoms with van der Waals surface area (Å²) in [4.78, 5) is 29.1. The maximum atomic E-state index is 12.9. The van der Waals surface area contributed by atoms with Gasteiger partial charge in [0.1, 0.15) is 17.0 Å². The lowest BCUT2D eigenvalue weighted by Crippen LogP contribution is -2.19. The van der Waals surface area contributed by atoms with Crippen LogP contribution in [0.2, 0.25) is 0 Å². The van der Waals surface area contributed by atoms with Crippen LogP contribution in [-0.4, -0.2) is 38.3 Å². The number of amides is 2. The first-order chi connectivity index (χ1) is 13.9. The zero-order chi connectivity index (χ0) is 21.1. The van der Waals surface area contributed by atoms with Gasteiger partial charge in [-0.25, -0.2) is 4.98 Å². The Kier molecular flexibility index (Phi) is 5.67. The number of nitrogens with two attached hydrogens (primary N) is 1. The van der Waals surface area contributed by atoms with E-state index in [0.29, 0.717) is 41.5 Å². The predicted octanol–water partition coefficient (Wildman–Crippen LogP) is 2.50. The summed E-state index contributed by atoms with van der Waals surface area (Å²) in [5.74, 6) is -0.118. The number of imidazole rings is 1. The minimum absolute atomic E-state index is 0.280. The summed E-state index contributed by atoms with van der Waals surface area (Å²) in [6.45, 7) is 6.69. The first kappa shape index (κ1) is 20.1. The molecule has 0 aliphatic carbocycles. The van der Waals surface area contributed by atoms with Crippen LogP contribution < -0.4 is 15.8 Å². The molecule has 0 atom stereocenters. The number of allylic oxidation sites excluding steroid dienone is 2. The molecular weight excluding hydrogens is 372 g/mol. The molecule has 29 heavy (non-hydrogen) atoms. The molecule has 2 amide bonds. The highest BCUT2D eigenvalue weighted by atomic mass is 16.5. The van der Waals surface area contributed by atoms with Crippen molar-refractivity contribution in [3.05, 3.63) is 47.3 Å². The molecule has 0 spiro atoms.